The van der Waals surface area contributed by atoms with Crippen molar-refractivity contribution in [3.63, 3.8) is 0 Å². The van der Waals surface area contributed by atoms with Gasteiger partial charge >= 0.3 is 0 Å². The van der Waals surface area contributed by atoms with Gasteiger partial charge in [-0.25, -0.2) is 0 Å². The van der Waals surface area contributed by atoms with E-state index in [2.05, 4.69) is 4.90 Å². The average Bonchev–Trinajstić information content (AvgIpc) is 3.00. The van der Waals surface area contributed by atoms with Crippen molar-refractivity contribution in [2.75, 3.05) is 39.3 Å². The zero-order valence-electron chi connectivity index (χ0n) is 13.0. The predicted molar refractivity (Wildman–Crippen MR) is 83.3 cm³/mol. The molecule has 5 heteroatoms. The van der Waals surface area contributed by atoms with Gasteiger partial charge in [0.2, 0.25) is 0 Å². The summed E-state index contributed by atoms with van der Waals surface area (Å²) in [4.78, 5) is 16.9. The molecule has 1 aromatic heterocycles. The van der Waals surface area contributed by atoms with E-state index < -0.39 is 0 Å². The van der Waals surface area contributed by atoms with E-state index in [4.69, 9.17) is 10.2 Å². The lowest BCUT2D eigenvalue weighted by Crippen LogP contribution is -2.48. The highest BCUT2D eigenvalue weighted by molar-refractivity contribution is 5.95. The molecule has 118 valence electrons. The summed E-state index contributed by atoms with van der Waals surface area (Å²) in [6.45, 7) is 7.46. The fourth-order valence-corrected chi connectivity index (χ4v) is 2.81. The third-order valence-electron chi connectivity index (χ3n) is 4.13. The Morgan fingerprint density at radius 3 is 2.67 bits per heavy atom. The number of furan rings is 1. The standard InChI is InChI=1S/C16H27N3O2/c1-2-15-14(6-13-21-15)16(20)19-11-9-18(10-12-19)8-5-3-4-7-17/h6,13H,2-5,7-12,17H2,1H3. The van der Waals surface area contributed by atoms with Crippen LogP contribution in [0.3, 0.4) is 0 Å². The molecule has 1 aliphatic rings. The van der Waals surface area contributed by atoms with Crippen molar-refractivity contribution in [1.82, 2.24) is 9.80 Å². The fourth-order valence-electron chi connectivity index (χ4n) is 2.81. The van der Waals surface area contributed by atoms with Gasteiger partial charge < -0.3 is 15.1 Å². The molecule has 0 atom stereocenters. The van der Waals surface area contributed by atoms with Gasteiger partial charge in [0.25, 0.3) is 5.91 Å². The van der Waals surface area contributed by atoms with E-state index in [1.165, 1.54) is 12.8 Å². The molecular formula is C16H27N3O2. The summed E-state index contributed by atoms with van der Waals surface area (Å²) in [5.41, 5.74) is 6.23. The highest BCUT2D eigenvalue weighted by Gasteiger charge is 2.24. The number of nitrogens with zero attached hydrogens (tertiary/aromatic N) is 2. The Morgan fingerprint density at radius 1 is 1.24 bits per heavy atom. The summed E-state index contributed by atoms with van der Waals surface area (Å²) in [6.07, 6.45) is 5.88. The third-order valence-corrected chi connectivity index (χ3v) is 4.13. The summed E-state index contributed by atoms with van der Waals surface area (Å²) in [7, 11) is 0. The number of hydrogen-bond donors (Lipinski definition) is 1. The first-order valence-electron chi connectivity index (χ1n) is 8.04. The van der Waals surface area contributed by atoms with Gasteiger partial charge in [-0.2, -0.15) is 0 Å². The van der Waals surface area contributed by atoms with Gasteiger partial charge in [0.1, 0.15) is 5.76 Å². The second kappa shape index (κ2) is 8.20. The summed E-state index contributed by atoms with van der Waals surface area (Å²) >= 11 is 0. The number of piperazine rings is 1. The number of carbonyl (C=O) groups excluding carboxylic acids is 1. The van der Waals surface area contributed by atoms with E-state index in [1.54, 1.807) is 12.3 Å². The Morgan fingerprint density at radius 2 is 2.00 bits per heavy atom. The number of hydrogen-bond acceptors (Lipinski definition) is 4. The van der Waals surface area contributed by atoms with E-state index in [0.29, 0.717) is 0 Å². The van der Waals surface area contributed by atoms with E-state index >= 15 is 0 Å². The molecule has 0 unspecified atom stereocenters. The Bertz CT molecular complexity index is 436. The lowest BCUT2D eigenvalue weighted by atomic mass is 10.1. The molecule has 1 aliphatic heterocycles. The molecule has 1 saturated heterocycles. The molecule has 21 heavy (non-hydrogen) atoms. The Hall–Kier alpha value is -1.33. The fraction of sp³-hybridized carbons (Fsp3) is 0.688. The first-order chi connectivity index (χ1) is 10.3. The lowest BCUT2D eigenvalue weighted by molar-refractivity contribution is 0.0633. The molecule has 1 fully saturated rings. The number of aryl methyl sites for hydroxylation is 1. The Labute approximate surface area is 127 Å². The average molecular weight is 293 g/mol. The van der Waals surface area contributed by atoms with Crippen LogP contribution in [0, 0.1) is 0 Å². The number of nitrogens with two attached hydrogens (primary N) is 1. The van der Waals surface area contributed by atoms with E-state index in [0.717, 1.165) is 63.4 Å². The molecule has 2 rings (SSSR count). The highest BCUT2D eigenvalue weighted by atomic mass is 16.3. The van der Waals surface area contributed by atoms with Crippen molar-refractivity contribution in [1.29, 1.82) is 0 Å². The smallest absolute Gasteiger partial charge is 0.257 e. The van der Waals surface area contributed by atoms with Crippen LogP contribution in [-0.4, -0.2) is 55.0 Å². The van der Waals surface area contributed by atoms with Crippen molar-refractivity contribution in [2.24, 2.45) is 5.73 Å². The number of amides is 1. The molecule has 0 aromatic carbocycles. The zero-order valence-corrected chi connectivity index (χ0v) is 13.0. The molecule has 2 heterocycles. The first-order valence-corrected chi connectivity index (χ1v) is 8.04. The van der Waals surface area contributed by atoms with Gasteiger partial charge in [0.05, 0.1) is 11.8 Å². The predicted octanol–water partition coefficient (Wildman–Crippen LogP) is 1.73. The molecule has 0 aliphatic carbocycles. The summed E-state index contributed by atoms with van der Waals surface area (Å²) in [5.74, 6) is 0.910. The van der Waals surface area contributed by atoms with Crippen molar-refractivity contribution in [2.45, 2.75) is 32.6 Å². The molecular weight excluding hydrogens is 266 g/mol. The third kappa shape index (κ3) is 4.32. The van der Waals surface area contributed by atoms with Crippen LogP contribution in [0.5, 0.6) is 0 Å². The van der Waals surface area contributed by atoms with Crippen LogP contribution >= 0.6 is 0 Å². The van der Waals surface area contributed by atoms with Crippen LogP contribution in [0.15, 0.2) is 16.7 Å². The molecule has 0 saturated carbocycles. The SMILES string of the molecule is CCc1occc1C(=O)N1CCN(CCCCCN)CC1. The number of unbranched alkanes of at least 4 members (excludes halogenated alkanes) is 2. The second-order valence-corrected chi connectivity index (χ2v) is 5.59. The Kier molecular flexibility index (Phi) is 6.26. The van der Waals surface area contributed by atoms with E-state index in [-0.39, 0.29) is 5.91 Å². The molecule has 1 aromatic rings. The molecule has 0 spiro atoms. The maximum absolute atomic E-state index is 12.5. The lowest BCUT2D eigenvalue weighted by Gasteiger charge is -2.34. The van der Waals surface area contributed by atoms with Gasteiger partial charge in [-0.05, 0) is 32.0 Å². The normalized spacial score (nSPS) is 16.4. The minimum Gasteiger partial charge on any atom is -0.469 e. The second-order valence-electron chi connectivity index (χ2n) is 5.59. The molecule has 1 amide bonds. The van der Waals surface area contributed by atoms with Crippen LogP contribution in [0.4, 0.5) is 0 Å². The minimum atomic E-state index is 0.114. The van der Waals surface area contributed by atoms with Crippen molar-refractivity contribution in [3.05, 3.63) is 23.7 Å². The summed E-state index contributed by atoms with van der Waals surface area (Å²) in [6, 6.07) is 1.79. The van der Waals surface area contributed by atoms with Crippen LogP contribution in [0.2, 0.25) is 0 Å². The maximum atomic E-state index is 12.5. The van der Waals surface area contributed by atoms with Gasteiger partial charge in [-0.15, -0.1) is 0 Å². The van der Waals surface area contributed by atoms with Crippen LogP contribution in [-0.2, 0) is 6.42 Å². The number of rotatable bonds is 7. The van der Waals surface area contributed by atoms with Gasteiger partial charge in [0.15, 0.2) is 0 Å². The Balaban J connectivity index is 1.77. The number of carbonyl (C=O) groups is 1. The van der Waals surface area contributed by atoms with Crippen molar-refractivity contribution < 1.29 is 9.21 Å². The van der Waals surface area contributed by atoms with Crippen molar-refractivity contribution >= 4 is 5.91 Å². The van der Waals surface area contributed by atoms with Gasteiger partial charge in [-0.1, -0.05) is 13.3 Å². The molecule has 2 N–H and O–H groups in total. The van der Waals surface area contributed by atoms with Crippen molar-refractivity contribution in [3.8, 4) is 0 Å². The molecule has 0 bridgehead atoms. The zero-order chi connectivity index (χ0) is 15.1. The molecule has 0 radical (unpaired) electrons. The minimum absolute atomic E-state index is 0.114. The van der Waals surface area contributed by atoms with Gasteiger partial charge in [-0.3, -0.25) is 9.69 Å². The van der Waals surface area contributed by atoms with Gasteiger partial charge in [0, 0.05) is 32.6 Å². The first kappa shape index (κ1) is 16.0. The van der Waals surface area contributed by atoms with E-state index in [9.17, 15) is 4.79 Å². The molecule has 5 nitrogen and oxygen atoms in total. The van der Waals surface area contributed by atoms with Crippen LogP contribution in [0.1, 0.15) is 42.3 Å². The maximum Gasteiger partial charge on any atom is 0.257 e. The van der Waals surface area contributed by atoms with E-state index in [1.807, 2.05) is 11.8 Å². The highest BCUT2D eigenvalue weighted by Crippen LogP contribution is 2.15. The quantitative estimate of drug-likeness (QED) is 0.778. The summed E-state index contributed by atoms with van der Waals surface area (Å²) in [5, 5.41) is 0. The largest absolute Gasteiger partial charge is 0.469 e. The van der Waals surface area contributed by atoms with Crippen LogP contribution < -0.4 is 5.73 Å². The summed E-state index contributed by atoms with van der Waals surface area (Å²) < 4.78 is 5.35. The monoisotopic (exact) mass is 293 g/mol. The topological polar surface area (TPSA) is 62.7 Å². The van der Waals surface area contributed by atoms with Crippen LogP contribution in [0.25, 0.3) is 0 Å².